The molecule has 0 radical (unpaired) electrons. The fourth-order valence-corrected chi connectivity index (χ4v) is 1.82. The molecular weight excluding hydrogens is 250 g/mol. The lowest BCUT2D eigenvalue weighted by atomic mass is 10.2. The number of aromatic nitrogens is 2. The zero-order valence-electron chi connectivity index (χ0n) is 10.8. The van der Waals surface area contributed by atoms with E-state index >= 15 is 0 Å². The molecule has 0 amide bonds. The predicted octanol–water partition coefficient (Wildman–Crippen LogP) is 3.36. The van der Waals surface area contributed by atoms with E-state index in [4.69, 9.17) is 4.52 Å². The first-order valence-corrected chi connectivity index (χ1v) is 6.33. The van der Waals surface area contributed by atoms with Crippen LogP contribution in [0.4, 0.5) is 0 Å². The van der Waals surface area contributed by atoms with E-state index in [1.165, 1.54) is 0 Å². The van der Waals surface area contributed by atoms with Gasteiger partial charge in [-0.2, -0.15) is 0 Å². The summed E-state index contributed by atoms with van der Waals surface area (Å²) >= 11 is 0. The number of benzene rings is 1. The molecule has 1 aromatic carbocycles. The number of hydrogen-bond acceptors (Lipinski definition) is 4. The molecule has 0 spiro atoms. The van der Waals surface area contributed by atoms with Crippen molar-refractivity contribution in [1.29, 1.82) is 0 Å². The van der Waals surface area contributed by atoms with Gasteiger partial charge in [0.1, 0.15) is 5.69 Å². The number of rotatable bonds is 4. The standard InChI is InChI=1S/C16H13N3O/c1-2-5-13(6-3-1)10-18-12-15-9-16(19-20-15)14-7-4-8-17-11-14/h1-11H,12H2. The summed E-state index contributed by atoms with van der Waals surface area (Å²) in [6.45, 7) is 0.474. The Labute approximate surface area is 116 Å². The number of pyridine rings is 1. The van der Waals surface area contributed by atoms with Crippen molar-refractivity contribution in [2.24, 2.45) is 4.99 Å². The molecule has 0 unspecified atom stereocenters. The van der Waals surface area contributed by atoms with Crippen LogP contribution in [-0.4, -0.2) is 16.4 Å². The van der Waals surface area contributed by atoms with Crippen LogP contribution in [0.1, 0.15) is 11.3 Å². The summed E-state index contributed by atoms with van der Waals surface area (Å²) in [6.07, 6.45) is 5.32. The summed E-state index contributed by atoms with van der Waals surface area (Å²) in [5.41, 5.74) is 2.79. The van der Waals surface area contributed by atoms with Crippen molar-refractivity contribution in [2.45, 2.75) is 6.54 Å². The maximum Gasteiger partial charge on any atom is 0.158 e. The van der Waals surface area contributed by atoms with Gasteiger partial charge in [0.05, 0.1) is 6.54 Å². The summed E-state index contributed by atoms with van der Waals surface area (Å²) in [7, 11) is 0. The Morgan fingerprint density at radius 2 is 2.00 bits per heavy atom. The van der Waals surface area contributed by atoms with Gasteiger partial charge in [-0.05, 0) is 17.7 Å². The van der Waals surface area contributed by atoms with Crippen molar-refractivity contribution in [3.63, 3.8) is 0 Å². The Kier molecular flexibility index (Phi) is 3.64. The predicted molar refractivity (Wildman–Crippen MR) is 77.5 cm³/mol. The topological polar surface area (TPSA) is 51.3 Å². The minimum absolute atomic E-state index is 0.474. The van der Waals surface area contributed by atoms with Gasteiger partial charge in [-0.15, -0.1) is 0 Å². The van der Waals surface area contributed by atoms with Crippen LogP contribution < -0.4 is 0 Å². The SMILES string of the molecule is C(=NCc1cc(-c2cccnc2)no1)c1ccccc1. The smallest absolute Gasteiger partial charge is 0.158 e. The summed E-state index contributed by atoms with van der Waals surface area (Å²) in [4.78, 5) is 8.41. The lowest BCUT2D eigenvalue weighted by Gasteiger charge is -1.91. The number of nitrogens with zero attached hydrogens (tertiary/aromatic N) is 3. The fraction of sp³-hybridized carbons (Fsp3) is 0.0625. The molecule has 0 atom stereocenters. The Balaban J connectivity index is 1.68. The van der Waals surface area contributed by atoms with Crippen LogP contribution in [-0.2, 0) is 6.54 Å². The average Bonchev–Trinajstić information content (AvgIpc) is 2.98. The first-order valence-electron chi connectivity index (χ1n) is 6.33. The monoisotopic (exact) mass is 263 g/mol. The van der Waals surface area contributed by atoms with Crippen molar-refractivity contribution in [1.82, 2.24) is 10.1 Å². The van der Waals surface area contributed by atoms with E-state index in [0.717, 1.165) is 22.6 Å². The molecule has 2 aromatic heterocycles. The van der Waals surface area contributed by atoms with E-state index in [1.54, 1.807) is 12.4 Å². The van der Waals surface area contributed by atoms with Gasteiger partial charge in [0.25, 0.3) is 0 Å². The van der Waals surface area contributed by atoms with Crippen LogP contribution in [0.5, 0.6) is 0 Å². The first kappa shape index (κ1) is 12.3. The molecule has 0 aliphatic rings. The lowest BCUT2D eigenvalue weighted by Crippen LogP contribution is -1.81. The van der Waals surface area contributed by atoms with Crippen molar-refractivity contribution >= 4 is 6.21 Å². The third kappa shape index (κ3) is 2.98. The van der Waals surface area contributed by atoms with E-state index in [9.17, 15) is 0 Å². The normalized spacial score (nSPS) is 11.0. The minimum Gasteiger partial charge on any atom is -0.359 e. The fourth-order valence-electron chi connectivity index (χ4n) is 1.82. The molecule has 0 N–H and O–H groups in total. The van der Waals surface area contributed by atoms with Gasteiger partial charge >= 0.3 is 0 Å². The number of hydrogen-bond donors (Lipinski definition) is 0. The third-order valence-electron chi connectivity index (χ3n) is 2.80. The van der Waals surface area contributed by atoms with Crippen LogP contribution in [0.3, 0.4) is 0 Å². The lowest BCUT2D eigenvalue weighted by molar-refractivity contribution is 0.387. The largest absolute Gasteiger partial charge is 0.359 e. The Hall–Kier alpha value is -2.75. The molecule has 4 heteroatoms. The summed E-state index contributed by atoms with van der Waals surface area (Å²) in [5.74, 6) is 0.732. The highest BCUT2D eigenvalue weighted by Crippen LogP contribution is 2.17. The van der Waals surface area contributed by atoms with Gasteiger partial charge in [-0.25, -0.2) is 0 Å². The Morgan fingerprint density at radius 1 is 1.10 bits per heavy atom. The highest BCUT2D eigenvalue weighted by atomic mass is 16.5. The molecular formula is C16H13N3O. The first-order chi connectivity index (χ1) is 9.92. The van der Waals surface area contributed by atoms with Crippen molar-refractivity contribution in [3.05, 3.63) is 72.2 Å². The molecule has 3 aromatic rings. The van der Waals surface area contributed by atoms with E-state index in [0.29, 0.717) is 6.54 Å². The zero-order chi connectivity index (χ0) is 13.6. The zero-order valence-corrected chi connectivity index (χ0v) is 10.8. The Morgan fingerprint density at radius 3 is 2.80 bits per heavy atom. The van der Waals surface area contributed by atoms with Crippen molar-refractivity contribution < 1.29 is 4.52 Å². The average molecular weight is 263 g/mol. The molecule has 4 nitrogen and oxygen atoms in total. The van der Waals surface area contributed by atoms with Crippen LogP contribution in [0.2, 0.25) is 0 Å². The molecule has 2 heterocycles. The molecule has 98 valence electrons. The van der Waals surface area contributed by atoms with E-state index in [-0.39, 0.29) is 0 Å². The van der Waals surface area contributed by atoms with Gasteiger partial charge in [0.15, 0.2) is 5.76 Å². The highest BCUT2D eigenvalue weighted by molar-refractivity contribution is 5.79. The maximum atomic E-state index is 5.27. The van der Waals surface area contributed by atoms with Crippen LogP contribution >= 0.6 is 0 Å². The van der Waals surface area contributed by atoms with Crippen LogP contribution in [0, 0.1) is 0 Å². The maximum absolute atomic E-state index is 5.27. The molecule has 20 heavy (non-hydrogen) atoms. The van der Waals surface area contributed by atoms with Gasteiger partial charge in [-0.3, -0.25) is 9.98 Å². The van der Waals surface area contributed by atoms with Gasteiger partial charge in [-0.1, -0.05) is 35.5 Å². The van der Waals surface area contributed by atoms with Crippen LogP contribution in [0.25, 0.3) is 11.3 Å². The Bertz CT molecular complexity index is 690. The number of aliphatic imine (C=N–C) groups is 1. The van der Waals surface area contributed by atoms with Crippen molar-refractivity contribution in [2.75, 3.05) is 0 Å². The molecule has 0 aliphatic carbocycles. The molecule has 0 fully saturated rings. The van der Waals surface area contributed by atoms with Gasteiger partial charge in [0.2, 0.25) is 0 Å². The minimum atomic E-state index is 0.474. The summed E-state index contributed by atoms with van der Waals surface area (Å²) in [6, 6.07) is 15.7. The highest BCUT2D eigenvalue weighted by Gasteiger charge is 2.05. The second-order valence-corrected chi connectivity index (χ2v) is 4.30. The van der Waals surface area contributed by atoms with Crippen molar-refractivity contribution in [3.8, 4) is 11.3 Å². The second-order valence-electron chi connectivity index (χ2n) is 4.30. The molecule has 0 saturated carbocycles. The van der Waals surface area contributed by atoms with Gasteiger partial charge < -0.3 is 4.52 Å². The third-order valence-corrected chi connectivity index (χ3v) is 2.80. The summed E-state index contributed by atoms with van der Waals surface area (Å²) in [5, 5.41) is 4.02. The van der Waals surface area contributed by atoms with E-state index in [2.05, 4.69) is 15.1 Å². The summed E-state index contributed by atoms with van der Waals surface area (Å²) < 4.78 is 5.27. The molecule has 0 saturated heterocycles. The molecule has 0 bridgehead atoms. The van der Waals surface area contributed by atoms with Gasteiger partial charge in [0, 0.05) is 30.2 Å². The van der Waals surface area contributed by atoms with E-state index in [1.807, 2.05) is 54.7 Å². The molecule has 0 aliphatic heterocycles. The van der Waals surface area contributed by atoms with E-state index < -0.39 is 0 Å². The second kappa shape index (κ2) is 5.93. The quantitative estimate of drug-likeness (QED) is 0.678. The molecule has 3 rings (SSSR count). The van der Waals surface area contributed by atoms with Crippen LogP contribution in [0.15, 0.2) is 70.4 Å².